The molecule has 1 aliphatic heterocycles. The second kappa shape index (κ2) is 8.58. The normalized spacial score (nSPS) is 22.3. The molecule has 4 heteroatoms. The molecule has 0 atom stereocenters. The van der Waals surface area contributed by atoms with Gasteiger partial charge < -0.3 is 0 Å². The predicted molar refractivity (Wildman–Crippen MR) is 122 cm³/mol. The minimum Gasteiger partial charge on any atom is -0.140 e. The Hall–Kier alpha value is -0.0125. The molecule has 1 rings (SSSR count). The van der Waals surface area contributed by atoms with Gasteiger partial charge in [-0.3, -0.25) is 0 Å². The highest BCUT2D eigenvalue weighted by Gasteiger charge is 2.55. The molecule has 0 amide bonds. The number of hydrogen-bond acceptors (Lipinski definition) is 0. The predicted octanol–water partition coefficient (Wildman–Crippen LogP) is 6.27. The summed E-state index contributed by atoms with van der Waals surface area (Å²) >= 11 is 0. The van der Waals surface area contributed by atoms with E-state index in [0.717, 1.165) is 0 Å². The van der Waals surface area contributed by atoms with E-state index >= 15 is 0 Å². The lowest BCUT2D eigenvalue weighted by Gasteiger charge is -2.45. The second-order valence-corrected chi connectivity index (χ2v) is 34.5. The smallest absolute Gasteiger partial charge is 0.140 e. The van der Waals surface area contributed by atoms with Crippen molar-refractivity contribution < 1.29 is 0 Å². The van der Waals surface area contributed by atoms with Crippen LogP contribution in [0.1, 0.15) is 55.4 Å². The van der Waals surface area contributed by atoms with Gasteiger partial charge in [0.15, 0.2) is 0 Å². The van der Waals surface area contributed by atoms with Crippen LogP contribution in [0.15, 0.2) is 0 Å². The lowest BCUT2D eigenvalue weighted by atomic mass is 10.9. The van der Waals surface area contributed by atoms with Gasteiger partial charge in [-0.25, -0.2) is 0 Å². The fourth-order valence-corrected chi connectivity index (χ4v) is 40.3. The zero-order valence-electron chi connectivity index (χ0n) is 17.7. The third-order valence-corrected chi connectivity index (χ3v) is 45.0. The van der Waals surface area contributed by atoms with Crippen molar-refractivity contribution in [1.82, 2.24) is 0 Å². The highest BCUT2D eigenvalue weighted by atomic mass is 29.3. The molecule has 0 N–H and O–H groups in total. The van der Waals surface area contributed by atoms with Crippen molar-refractivity contribution in [3.63, 3.8) is 0 Å². The molecular weight excluding hydrogens is 353 g/mol. The van der Waals surface area contributed by atoms with Gasteiger partial charge in [-0.2, -0.15) is 0 Å². The minimum atomic E-state index is -1.54. The lowest BCUT2D eigenvalue weighted by molar-refractivity contribution is 1.24. The maximum absolute atomic E-state index is 4.19. The molecule has 0 nitrogen and oxygen atoms in total. The first kappa shape index (κ1) is 22.0. The van der Waals surface area contributed by atoms with E-state index in [1.165, 1.54) is 48.4 Å². The Morgan fingerprint density at radius 1 is 0.333 bits per heavy atom. The molecule has 0 spiro atoms. The zero-order valence-corrected chi connectivity index (χ0v) is 21.7. The van der Waals surface area contributed by atoms with Crippen molar-refractivity contribution in [3.05, 3.63) is 0 Å². The standard InChI is InChI=1S/C20H40Si4/c1-9-21(10-2)17-18-23(13-5,14-6)24(15-7,16-8)20-19-22(21,11-3)12-4/h9-16H2,1-8H3. The number of rotatable bonds is 8. The Morgan fingerprint density at radius 2 is 0.458 bits per heavy atom. The number of hydrogen-bond donors (Lipinski definition) is 0. The maximum Gasteiger partial charge on any atom is 0.143 e. The molecule has 0 radical (unpaired) electrons. The van der Waals surface area contributed by atoms with Crippen LogP contribution >= 0.6 is 0 Å². The summed E-state index contributed by atoms with van der Waals surface area (Å²) in [6, 6.07) is 10.7. The fraction of sp³-hybridized carbons (Fsp3) is 0.800. The molecule has 24 heavy (non-hydrogen) atoms. The van der Waals surface area contributed by atoms with E-state index in [4.69, 9.17) is 0 Å². The van der Waals surface area contributed by atoms with Crippen LogP contribution in [0.2, 0.25) is 48.4 Å². The summed E-state index contributed by atoms with van der Waals surface area (Å²) in [7, 11) is -6.16. The summed E-state index contributed by atoms with van der Waals surface area (Å²) in [5, 5.41) is 0. The van der Waals surface area contributed by atoms with Gasteiger partial charge >= 0.3 is 0 Å². The van der Waals surface area contributed by atoms with E-state index in [0.29, 0.717) is 0 Å². The van der Waals surface area contributed by atoms with Gasteiger partial charge in [0, 0.05) is 0 Å². The Morgan fingerprint density at radius 3 is 0.542 bits per heavy atom. The van der Waals surface area contributed by atoms with Gasteiger partial charge in [0.05, 0.1) is 0 Å². The molecule has 136 valence electrons. The van der Waals surface area contributed by atoms with Crippen molar-refractivity contribution in [2.45, 2.75) is 104 Å². The monoisotopic (exact) mass is 392 g/mol. The second-order valence-electron chi connectivity index (χ2n) is 7.66. The van der Waals surface area contributed by atoms with E-state index in [1.54, 1.807) is 0 Å². The van der Waals surface area contributed by atoms with Crippen LogP contribution in [0.25, 0.3) is 0 Å². The molecule has 1 aliphatic rings. The zero-order chi connectivity index (χ0) is 18.5. The average Bonchev–Trinajstić information content (AvgIpc) is 2.64. The topological polar surface area (TPSA) is 0 Å². The summed E-state index contributed by atoms with van der Waals surface area (Å²) in [6.45, 7) is 19.5. The van der Waals surface area contributed by atoms with Gasteiger partial charge in [0.1, 0.15) is 30.4 Å². The largest absolute Gasteiger partial charge is 0.143 e. The van der Waals surface area contributed by atoms with Crippen LogP contribution in [-0.4, -0.2) is 30.4 Å². The van der Waals surface area contributed by atoms with Crippen LogP contribution in [-0.2, 0) is 0 Å². The quantitative estimate of drug-likeness (QED) is 0.337. The van der Waals surface area contributed by atoms with Gasteiger partial charge in [-0.15, -0.1) is 22.2 Å². The molecule has 0 bridgehead atoms. The molecule has 0 saturated heterocycles. The van der Waals surface area contributed by atoms with Crippen LogP contribution < -0.4 is 0 Å². The maximum atomic E-state index is 4.19. The Balaban J connectivity index is 3.83. The first-order valence-corrected chi connectivity index (χ1v) is 22.1. The van der Waals surface area contributed by atoms with Gasteiger partial charge in [0.25, 0.3) is 0 Å². The molecule has 0 fully saturated rings. The molecule has 0 aromatic rings. The van der Waals surface area contributed by atoms with Crippen LogP contribution in [0.3, 0.4) is 0 Å². The Bertz CT molecular complexity index is 433. The van der Waals surface area contributed by atoms with Crippen molar-refractivity contribution in [2.75, 3.05) is 0 Å². The Kier molecular flexibility index (Phi) is 7.88. The van der Waals surface area contributed by atoms with Crippen molar-refractivity contribution >= 4 is 30.4 Å². The lowest BCUT2D eigenvalue weighted by Crippen LogP contribution is -2.66. The molecule has 0 aromatic carbocycles. The van der Waals surface area contributed by atoms with Crippen molar-refractivity contribution in [1.29, 1.82) is 0 Å². The minimum absolute atomic E-state index is 1.34. The third-order valence-electron chi connectivity index (χ3n) is 7.74. The summed E-state index contributed by atoms with van der Waals surface area (Å²) in [5.74, 6) is 0. The highest BCUT2D eigenvalue weighted by molar-refractivity contribution is 7.52. The van der Waals surface area contributed by atoms with E-state index in [-0.39, 0.29) is 0 Å². The van der Waals surface area contributed by atoms with Gasteiger partial charge in [-0.1, -0.05) is 104 Å². The van der Waals surface area contributed by atoms with Gasteiger partial charge in [0.2, 0.25) is 0 Å². The Labute approximate surface area is 156 Å². The fourth-order valence-electron chi connectivity index (χ4n) is 5.37. The highest BCUT2D eigenvalue weighted by Crippen LogP contribution is 2.38. The van der Waals surface area contributed by atoms with E-state index in [9.17, 15) is 0 Å². The van der Waals surface area contributed by atoms with Crippen molar-refractivity contribution in [3.8, 4) is 22.2 Å². The summed E-state index contributed by atoms with van der Waals surface area (Å²) in [5.41, 5.74) is 16.8. The van der Waals surface area contributed by atoms with Crippen molar-refractivity contribution in [2.24, 2.45) is 0 Å². The van der Waals surface area contributed by atoms with Crippen LogP contribution in [0, 0.1) is 22.2 Å². The van der Waals surface area contributed by atoms with Gasteiger partial charge in [-0.05, 0) is 0 Å². The molecular formula is C20H40Si4. The van der Waals surface area contributed by atoms with Crippen LogP contribution in [0.4, 0.5) is 0 Å². The molecule has 0 saturated carbocycles. The summed E-state index contributed by atoms with van der Waals surface area (Å²) in [4.78, 5) is 0. The molecule has 1 heterocycles. The van der Waals surface area contributed by atoms with Crippen LogP contribution in [0.5, 0.6) is 0 Å². The third kappa shape index (κ3) is 3.09. The van der Waals surface area contributed by atoms with E-state index in [2.05, 4.69) is 77.6 Å². The molecule has 0 unspecified atom stereocenters. The summed E-state index contributed by atoms with van der Waals surface area (Å²) < 4.78 is 0. The molecule has 0 aliphatic carbocycles. The summed E-state index contributed by atoms with van der Waals surface area (Å²) in [6.07, 6.45) is 0. The van der Waals surface area contributed by atoms with E-state index < -0.39 is 30.4 Å². The SMILES string of the molecule is CC[Si]1(CC)C#C[Si](CC)(CC)[Si](CC)(CC)C#C[Si]1(CC)CC. The molecule has 0 aromatic heterocycles. The van der Waals surface area contributed by atoms with E-state index in [1.807, 2.05) is 0 Å². The average molecular weight is 393 g/mol. The first-order valence-electron chi connectivity index (χ1n) is 10.5. The first-order chi connectivity index (χ1) is 11.4.